The normalized spacial score (nSPS) is 13.3. The minimum absolute atomic E-state index is 0.328. The lowest BCUT2D eigenvalue weighted by molar-refractivity contribution is -0.129. The fourth-order valence-electron chi connectivity index (χ4n) is 4.15. The lowest BCUT2D eigenvalue weighted by Crippen LogP contribution is -2.34. The first-order valence-electron chi connectivity index (χ1n) is 12.2. The Kier molecular flexibility index (Phi) is 8.20. The van der Waals surface area contributed by atoms with Crippen LogP contribution in [0.4, 0.5) is 17.1 Å². The Morgan fingerprint density at radius 3 is 2.77 bits per heavy atom. The largest absolute Gasteiger partial charge is 0.493 e. The molecule has 0 bridgehead atoms. The molecular weight excluding hydrogens is 446 g/mol. The average Bonchev–Trinajstić information content (AvgIpc) is 2.89. The molecule has 0 aliphatic carbocycles. The van der Waals surface area contributed by atoms with Crippen LogP contribution in [-0.4, -0.2) is 48.4 Å². The van der Waals surface area contributed by atoms with Gasteiger partial charge in [0.2, 0.25) is 5.91 Å². The minimum atomic E-state index is -0.349. The topological polar surface area (TPSA) is 108 Å². The molecule has 0 saturated carbocycles. The molecule has 0 saturated heterocycles. The van der Waals surface area contributed by atoms with Crippen molar-refractivity contribution in [3.63, 3.8) is 0 Å². The van der Waals surface area contributed by atoms with Crippen molar-refractivity contribution < 1.29 is 19.5 Å². The molecule has 0 fully saturated rings. The lowest BCUT2D eigenvalue weighted by atomic mass is 10.0. The van der Waals surface area contributed by atoms with Gasteiger partial charge in [-0.25, -0.2) is 15.5 Å². The Morgan fingerprint density at radius 2 is 1.97 bits per heavy atom. The zero-order valence-corrected chi connectivity index (χ0v) is 20.3. The summed E-state index contributed by atoms with van der Waals surface area (Å²) in [7, 11) is 1.62. The minimum Gasteiger partial charge on any atom is -0.493 e. The molecule has 9 nitrogen and oxygen atoms in total. The molecule has 0 radical (unpaired) electrons. The molecule has 2 aromatic rings. The average molecular weight is 480 g/mol. The summed E-state index contributed by atoms with van der Waals surface area (Å²) in [6.45, 7) is 4.32. The van der Waals surface area contributed by atoms with Crippen molar-refractivity contribution in [2.24, 2.45) is 9.98 Å². The first-order chi connectivity index (χ1) is 17.1. The van der Waals surface area contributed by atoms with Crippen LogP contribution in [0, 0.1) is 0 Å². The second-order valence-electron chi connectivity index (χ2n) is 8.65. The number of nitrogens with one attached hydrogen (secondary N) is 2. The van der Waals surface area contributed by atoms with Crippen molar-refractivity contribution in [2.75, 3.05) is 25.6 Å². The van der Waals surface area contributed by atoms with Gasteiger partial charge >= 0.3 is 0 Å². The maximum atomic E-state index is 11.1. The number of nitrogens with zero attached hydrogens (tertiary/aromatic N) is 3. The van der Waals surface area contributed by atoms with Crippen LogP contribution in [0.25, 0.3) is 0 Å². The Balaban J connectivity index is 1.47. The van der Waals surface area contributed by atoms with Gasteiger partial charge in [-0.05, 0) is 43.0 Å². The molecule has 2 aliphatic rings. The molecule has 3 N–H and O–H groups in total. The van der Waals surface area contributed by atoms with Gasteiger partial charge in [0.1, 0.15) is 5.84 Å². The Labute approximate surface area is 205 Å². The summed E-state index contributed by atoms with van der Waals surface area (Å²) in [5, 5.41) is 12.0. The van der Waals surface area contributed by atoms with Gasteiger partial charge in [0.25, 0.3) is 0 Å². The number of rotatable bonds is 12. The van der Waals surface area contributed by atoms with Crippen LogP contribution in [0.1, 0.15) is 56.6 Å². The zero-order chi connectivity index (χ0) is 24.6. The molecular formula is C26H33N5O4. The number of hydrogen-bond acceptors (Lipinski definition) is 8. The number of carbonyl (C=O) groups excluding carboxylic acids is 1. The number of aliphatic imine (C=N–C) groups is 2. The Hall–Kier alpha value is -3.59. The molecule has 2 aliphatic heterocycles. The van der Waals surface area contributed by atoms with Gasteiger partial charge in [0.05, 0.1) is 38.0 Å². The summed E-state index contributed by atoms with van der Waals surface area (Å²) in [6.07, 6.45) is 6.63. The van der Waals surface area contributed by atoms with E-state index in [0.29, 0.717) is 31.1 Å². The first kappa shape index (κ1) is 24.5. The number of unbranched alkanes of at least 4 members (excludes halogenated alkanes) is 3. The van der Waals surface area contributed by atoms with Crippen LogP contribution in [0.2, 0.25) is 0 Å². The second-order valence-corrected chi connectivity index (χ2v) is 8.65. The van der Waals surface area contributed by atoms with E-state index in [0.717, 1.165) is 72.7 Å². The van der Waals surface area contributed by atoms with Crippen LogP contribution >= 0.6 is 0 Å². The van der Waals surface area contributed by atoms with Gasteiger partial charge in [-0.15, -0.1) is 0 Å². The smallest absolute Gasteiger partial charge is 0.243 e. The number of fused-ring (bicyclic) bond motifs is 4. The van der Waals surface area contributed by atoms with Crippen LogP contribution in [-0.2, 0) is 11.3 Å². The maximum Gasteiger partial charge on any atom is 0.243 e. The van der Waals surface area contributed by atoms with Crippen LogP contribution < -0.4 is 20.3 Å². The van der Waals surface area contributed by atoms with E-state index in [1.54, 1.807) is 12.6 Å². The highest BCUT2D eigenvalue weighted by Gasteiger charge is 2.27. The number of hydrogen-bond donors (Lipinski definition) is 3. The highest BCUT2D eigenvalue weighted by Crippen LogP contribution is 2.40. The van der Waals surface area contributed by atoms with Crippen molar-refractivity contribution in [2.45, 2.75) is 52.0 Å². The first-order valence-corrected chi connectivity index (χ1v) is 12.2. The Morgan fingerprint density at radius 1 is 1.11 bits per heavy atom. The van der Waals surface area contributed by atoms with Gasteiger partial charge in [-0.3, -0.25) is 10.0 Å². The maximum absolute atomic E-state index is 11.1. The van der Waals surface area contributed by atoms with E-state index in [4.69, 9.17) is 19.7 Å². The molecule has 2 aromatic carbocycles. The van der Waals surface area contributed by atoms with Crippen LogP contribution in [0.3, 0.4) is 0 Å². The van der Waals surface area contributed by atoms with E-state index in [-0.39, 0.29) is 5.91 Å². The van der Waals surface area contributed by atoms with Crippen LogP contribution in [0.15, 0.2) is 40.3 Å². The molecule has 0 atom stereocenters. The third-order valence-electron chi connectivity index (χ3n) is 6.04. The Bertz CT molecular complexity index is 1120. The molecule has 2 heterocycles. The quantitative estimate of drug-likeness (QED) is 0.227. The zero-order valence-electron chi connectivity index (χ0n) is 20.3. The summed E-state index contributed by atoms with van der Waals surface area (Å²) < 4.78 is 11.6. The van der Waals surface area contributed by atoms with Gasteiger partial charge in [-0.1, -0.05) is 25.8 Å². The SMILES string of the molecule is CCCNc1ccc2c(c1)N=C1c3cc(OCCCCCCC(=O)NO)c(OC)cc3N=CN1C2. The van der Waals surface area contributed by atoms with Gasteiger partial charge in [0.15, 0.2) is 11.5 Å². The van der Waals surface area contributed by atoms with Crippen LogP contribution in [0.5, 0.6) is 11.5 Å². The van der Waals surface area contributed by atoms with E-state index < -0.39 is 0 Å². The lowest BCUT2D eigenvalue weighted by Gasteiger charge is -2.31. The number of anilines is 1. The number of amides is 1. The van der Waals surface area contributed by atoms with Gasteiger partial charge in [-0.2, -0.15) is 0 Å². The van der Waals surface area contributed by atoms with Crippen molar-refractivity contribution in [1.29, 1.82) is 0 Å². The number of methoxy groups -OCH3 is 1. The monoisotopic (exact) mass is 479 g/mol. The third kappa shape index (κ3) is 5.92. The predicted octanol–water partition coefficient (Wildman–Crippen LogP) is 4.92. The fourth-order valence-corrected chi connectivity index (χ4v) is 4.15. The van der Waals surface area contributed by atoms with Crippen molar-refractivity contribution >= 4 is 35.1 Å². The third-order valence-corrected chi connectivity index (χ3v) is 6.04. The molecule has 0 aromatic heterocycles. The number of benzene rings is 2. The van der Waals surface area contributed by atoms with E-state index in [9.17, 15) is 4.79 Å². The van der Waals surface area contributed by atoms with E-state index >= 15 is 0 Å². The van der Waals surface area contributed by atoms with Crippen molar-refractivity contribution in [3.8, 4) is 11.5 Å². The summed E-state index contributed by atoms with van der Waals surface area (Å²) in [5.41, 5.74) is 6.57. The van der Waals surface area contributed by atoms with Crippen molar-refractivity contribution in [3.05, 3.63) is 41.5 Å². The summed E-state index contributed by atoms with van der Waals surface area (Å²) in [6, 6.07) is 10.2. The van der Waals surface area contributed by atoms with E-state index in [2.05, 4.69) is 40.3 Å². The molecule has 9 heteroatoms. The number of carbonyl (C=O) groups is 1. The molecule has 4 rings (SSSR count). The standard InChI is InChI=1S/C26H33N5O4/c1-3-11-27-19-10-9-18-16-31-17-28-22-15-23(34-2)24(14-20(22)26(31)29-21(18)13-19)35-12-7-5-4-6-8-25(32)30-33/h9-10,13-15,17,27,33H,3-8,11-12,16H2,1-2H3,(H,30,32). The number of ether oxygens (including phenoxy) is 2. The van der Waals surface area contributed by atoms with E-state index in [1.165, 1.54) is 0 Å². The molecule has 35 heavy (non-hydrogen) atoms. The predicted molar refractivity (Wildman–Crippen MR) is 137 cm³/mol. The molecule has 1 amide bonds. The second kappa shape index (κ2) is 11.7. The molecule has 0 unspecified atom stereocenters. The number of amidine groups is 1. The highest BCUT2D eigenvalue weighted by atomic mass is 16.5. The summed E-state index contributed by atoms with van der Waals surface area (Å²) in [4.78, 5) is 22.8. The van der Waals surface area contributed by atoms with Gasteiger partial charge < -0.3 is 19.7 Å². The summed E-state index contributed by atoms with van der Waals surface area (Å²) >= 11 is 0. The highest BCUT2D eigenvalue weighted by molar-refractivity contribution is 6.12. The van der Waals surface area contributed by atoms with Gasteiger partial charge in [0, 0.05) is 30.3 Å². The van der Waals surface area contributed by atoms with Crippen molar-refractivity contribution in [1.82, 2.24) is 10.4 Å². The number of hydroxylamine groups is 1. The molecule has 186 valence electrons. The summed E-state index contributed by atoms with van der Waals surface area (Å²) in [5.74, 6) is 1.80. The fraction of sp³-hybridized carbons (Fsp3) is 0.423. The molecule has 0 spiro atoms. The van der Waals surface area contributed by atoms with E-state index in [1.807, 2.05) is 18.5 Å².